The topological polar surface area (TPSA) is 38.9 Å². The van der Waals surface area contributed by atoms with Crippen molar-refractivity contribution in [2.75, 3.05) is 5.73 Å². The molecule has 0 aliphatic heterocycles. The Labute approximate surface area is 60.3 Å². The summed E-state index contributed by atoms with van der Waals surface area (Å²) in [5.74, 6) is 0.572. The third-order valence-electron chi connectivity index (χ3n) is 0.688. The quantitative estimate of drug-likeness (QED) is 0.469. The van der Waals surface area contributed by atoms with Crippen LogP contribution in [0.15, 0.2) is 24.4 Å². The van der Waals surface area contributed by atoms with Crippen LogP contribution in [0.2, 0.25) is 0 Å². The van der Waals surface area contributed by atoms with Crippen molar-refractivity contribution >= 4 is 24.7 Å². The molecule has 38 valence electrons. The number of pyridine rings is 1. The minimum atomic E-state index is 0. The van der Waals surface area contributed by atoms with Crippen molar-refractivity contribution in [3.05, 3.63) is 24.4 Å². The van der Waals surface area contributed by atoms with Crippen LogP contribution in [-0.4, -0.2) is 23.8 Å². The van der Waals surface area contributed by atoms with Crippen LogP contribution >= 0.6 is 0 Å². The molecule has 0 saturated carbocycles. The molecule has 0 radical (unpaired) electrons. The average molecular weight is 102 g/mol. The van der Waals surface area contributed by atoms with Gasteiger partial charge in [-0.25, -0.2) is 4.98 Å². The van der Waals surface area contributed by atoms with Crippen molar-refractivity contribution in [3.63, 3.8) is 0 Å². The number of hydrogen-bond acceptors (Lipinski definition) is 2. The van der Waals surface area contributed by atoms with E-state index in [-0.39, 0.29) is 18.9 Å². The van der Waals surface area contributed by atoms with Crippen molar-refractivity contribution in [2.24, 2.45) is 0 Å². The first-order chi connectivity index (χ1) is 3.39. The zero-order valence-corrected chi connectivity index (χ0v) is 3.83. The van der Waals surface area contributed by atoms with Crippen LogP contribution in [0.3, 0.4) is 0 Å². The van der Waals surface area contributed by atoms with Gasteiger partial charge in [0.25, 0.3) is 0 Å². The molecule has 2 N–H and O–H groups in total. The second-order valence-electron chi connectivity index (χ2n) is 1.25. The van der Waals surface area contributed by atoms with E-state index in [1.165, 1.54) is 0 Å². The average Bonchev–Trinajstić information content (AvgIpc) is 1.69. The van der Waals surface area contributed by atoms with Gasteiger partial charge in [0.05, 0.1) is 0 Å². The molecule has 1 rings (SSSR count). The Morgan fingerprint density at radius 1 is 1.38 bits per heavy atom. The molecular formula is C5H7LiN2. The Bertz CT molecular complexity index is 140. The van der Waals surface area contributed by atoms with Crippen LogP contribution in [0.4, 0.5) is 5.82 Å². The molecule has 0 amide bonds. The molecule has 8 heavy (non-hydrogen) atoms. The third-order valence-corrected chi connectivity index (χ3v) is 0.688. The predicted molar refractivity (Wildman–Crippen MR) is 35.8 cm³/mol. The maximum atomic E-state index is 5.25. The zero-order valence-electron chi connectivity index (χ0n) is 3.83. The molecule has 2 nitrogen and oxygen atoms in total. The predicted octanol–water partition coefficient (Wildman–Crippen LogP) is 0.0153. The molecule has 3 heteroatoms. The summed E-state index contributed by atoms with van der Waals surface area (Å²) in [5.41, 5.74) is 5.25. The zero-order chi connectivity index (χ0) is 5.11. The second-order valence-corrected chi connectivity index (χ2v) is 1.25. The van der Waals surface area contributed by atoms with Gasteiger partial charge >= 0.3 is 18.9 Å². The first-order valence-corrected chi connectivity index (χ1v) is 2.06. The van der Waals surface area contributed by atoms with Gasteiger partial charge in [-0.05, 0) is 12.1 Å². The summed E-state index contributed by atoms with van der Waals surface area (Å²) in [7, 11) is 0. The van der Waals surface area contributed by atoms with Gasteiger partial charge in [0.15, 0.2) is 0 Å². The fourth-order valence-electron chi connectivity index (χ4n) is 0.376. The number of rotatable bonds is 0. The number of nitrogen functional groups attached to an aromatic ring is 1. The monoisotopic (exact) mass is 102 g/mol. The third kappa shape index (κ3) is 2.01. The summed E-state index contributed by atoms with van der Waals surface area (Å²) in [6, 6.07) is 5.43. The number of aromatic nitrogens is 1. The Morgan fingerprint density at radius 3 is 2.38 bits per heavy atom. The molecule has 0 spiro atoms. The van der Waals surface area contributed by atoms with Crippen LogP contribution < -0.4 is 5.73 Å². The Kier molecular flexibility index (Phi) is 3.34. The van der Waals surface area contributed by atoms with Crippen molar-refractivity contribution in [2.45, 2.75) is 0 Å². The van der Waals surface area contributed by atoms with E-state index in [0.717, 1.165) is 0 Å². The van der Waals surface area contributed by atoms with Crippen LogP contribution in [0, 0.1) is 0 Å². The SMILES string of the molecule is Nc1ccccn1.[LiH]. The summed E-state index contributed by atoms with van der Waals surface area (Å²) in [6.45, 7) is 0. The van der Waals surface area contributed by atoms with Gasteiger partial charge in [0.1, 0.15) is 5.82 Å². The van der Waals surface area contributed by atoms with Crippen LogP contribution in [0.1, 0.15) is 0 Å². The minimum absolute atomic E-state index is 0. The van der Waals surface area contributed by atoms with E-state index in [0.29, 0.717) is 5.82 Å². The van der Waals surface area contributed by atoms with Crippen molar-refractivity contribution < 1.29 is 0 Å². The number of nitrogens with zero attached hydrogens (tertiary/aromatic N) is 1. The molecule has 0 bridgehead atoms. The summed E-state index contributed by atoms with van der Waals surface area (Å²) in [4.78, 5) is 3.76. The Hall–Kier alpha value is -0.453. The van der Waals surface area contributed by atoms with E-state index in [9.17, 15) is 0 Å². The summed E-state index contributed by atoms with van der Waals surface area (Å²) in [5, 5.41) is 0. The first kappa shape index (κ1) is 7.55. The fourth-order valence-corrected chi connectivity index (χ4v) is 0.376. The van der Waals surface area contributed by atoms with E-state index >= 15 is 0 Å². The Balaban J connectivity index is 0.000000490. The summed E-state index contributed by atoms with van der Waals surface area (Å²) in [6.07, 6.45) is 1.66. The van der Waals surface area contributed by atoms with E-state index < -0.39 is 0 Å². The standard InChI is InChI=1S/C5H6N2.Li.H/c6-5-3-1-2-4-7-5;;/h1-4H,(H2,6,7);;. The molecule has 0 aliphatic rings. The van der Waals surface area contributed by atoms with Gasteiger partial charge in [-0.15, -0.1) is 0 Å². The van der Waals surface area contributed by atoms with Gasteiger partial charge < -0.3 is 5.73 Å². The van der Waals surface area contributed by atoms with E-state index in [1.807, 2.05) is 12.1 Å². The van der Waals surface area contributed by atoms with Gasteiger partial charge in [-0.2, -0.15) is 0 Å². The number of hydrogen-bond donors (Lipinski definition) is 1. The molecule has 0 unspecified atom stereocenters. The van der Waals surface area contributed by atoms with Crippen molar-refractivity contribution in [1.29, 1.82) is 0 Å². The molecule has 0 saturated heterocycles. The molecule has 0 fully saturated rings. The van der Waals surface area contributed by atoms with E-state index in [1.54, 1.807) is 12.3 Å². The number of nitrogens with two attached hydrogens (primary N) is 1. The van der Waals surface area contributed by atoms with E-state index in [4.69, 9.17) is 5.73 Å². The van der Waals surface area contributed by atoms with Crippen LogP contribution in [0.25, 0.3) is 0 Å². The molecule has 1 heterocycles. The molecule has 1 aromatic rings. The van der Waals surface area contributed by atoms with Crippen molar-refractivity contribution in [3.8, 4) is 0 Å². The second kappa shape index (κ2) is 3.54. The fraction of sp³-hybridized carbons (Fsp3) is 0. The van der Waals surface area contributed by atoms with Crippen LogP contribution in [0.5, 0.6) is 0 Å². The molecular weight excluding hydrogens is 95.0 g/mol. The molecule has 0 aliphatic carbocycles. The maximum absolute atomic E-state index is 5.25. The normalized spacial score (nSPS) is 7.50. The summed E-state index contributed by atoms with van der Waals surface area (Å²) < 4.78 is 0. The van der Waals surface area contributed by atoms with Crippen LogP contribution in [-0.2, 0) is 0 Å². The van der Waals surface area contributed by atoms with Crippen molar-refractivity contribution in [1.82, 2.24) is 4.98 Å². The van der Waals surface area contributed by atoms with E-state index in [2.05, 4.69) is 4.98 Å². The number of anilines is 1. The van der Waals surface area contributed by atoms with Gasteiger partial charge in [-0.1, -0.05) is 6.07 Å². The molecule has 0 aromatic carbocycles. The van der Waals surface area contributed by atoms with Gasteiger partial charge in [0.2, 0.25) is 0 Å². The Morgan fingerprint density at radius 2 is 2.12 bits per heavy atom. The molecule has 0 atom stereocenters. The van der Waals surface area contributed by atoms with Gasteiger partial charge in [0, 0.05) is 6.20 Å². The first-order valence-electron chi connectivity index (χ1n) is 2.06. The van der Waals surface area contributed by atoms with Gasteiger partial charge in [-0.3, -0.25) is 0 Å². The summed E-state index contributed by atoms with van der Waals surface area (Å²) >= 11 is 0. The molecule has 1 aromatic heterocycles.